The number of benzene rings is 1. The number of nitrogens with zero attached hydrogens (tertiary/aromatic N) is 1. The maximum absolute atomic E-state index is 3.60. The summed E-state index contributed by atoms with van der Waals surface area (Å²) in [5.41, 5.74) is 3.29. The molecule has 0 aliphatic carbocycles. The van der Waals surface area contributed by atoms with Crippen LogP contribution in [0.2, 0.25) is 0 Å². The van der Waals surface area contributed by atoms with Crippen molar-refractivity contribution in [2.24, 2.45) is 5.41 Å². The van der Waals surface area contributed by atoms with Crippen LogP contribution in [-0.2, 0) is 6.54 Å². The van der Waals surface area contributed by atoms with Crippen LogP contribution in [0.4, 0.5) is 5.69 Å². The normalized spacial score (nSPS) is 16.1. The lowest BCUT2D eigenvalue weighted by Crippen LogP contribution is -2.23. The Balaban J connectivity index is 1.89. The van der Waals surface area contributed by atoms with Crippen LogP contribution in [0.15, 0.2) is 24.3 Å². The summed E-state index contributed by atoms with van der Waals surface area (Å²) in [6.07, 6.45) is 3.90. The van der Waals surface area contributed by atoms with Crippen molar-refractivity contribution in [2.75, 3.05) is 24.5 Å². The fourth-order valence-electron chi connectivity index (χ4n) is 2.61. The van der Waals surface area contributed by atoms with Gasteiger partial charge in [0, 0.05) is 25.3 Å². The lowest BCUT2D eigenvalue weighted by Gasteiger charge is -2.22. The molecule has 1 aliphatic heterocycles. The van der Waals surface area contributed by atoms with E-state index in [1.54, 1.807) is 0 Å². The highest BCUT2D eigenvalue weighted by Crippen LogP contribution is 2.24. The van der Waals surface area contributed by atoms with Crippen molar-refractivity contribution in [1.29, 1.82) is 0 Å². The van der Waals surface area contributed by atoms with Crippen LogP contribution in [0.3, 0.4) is 0 Å². The molecule has 1 aliphatic rings. The van der Waals surface area contributed by atoms with Gasteiger partial charge in [-0.3, -0.25) is 0 Å². The Morgan fingerprint density at radius 1 is 1.11 bits per heavy atom. The number of rotatable bonds is 5. The molecule has 0 atom stereocenters. The van der Waals surface area contributed by atoms with Crippen LogP contribution in [-0.4, -0.2) is 19.6 Å². The zero-order chi connectivity index (χ0) is 13.7. The van der Waals surface area contributed by atoms with Crippen LogP contribution in [0.1, 0.15) is 45.6 Å². The van der Waals surface area contributed by atoms with Gasteiger partial charge in [-0.2, -0.15) is 0 Å². The van der Waals surface area contributed by atoms with Crippen molar-refractivity contribution in [3.8, 4) is 0 Å². The van der Waals surface area contributed by atoms with Crippen molar-refractivity contribution in [1.82, 2.24) is 5.32 Å². The zero-order valence-corrected chi connectivity index (χ0v) is 12.7. The second kappa shape index (κ2) is 6.42. The molecule has 0 bridgehead atoms. The zero-order valence-electron chi connectivity index (χ0n) is 12.7. The molecule has 2 heteroatoms. The summed E-state index contributed by atoms with van der Waals surface area (Å²) in [4.78, 5) is 2.53. The van der Waals surface area contributed by atoms with Gasteiger partial charge in [-0.05, 0) is 42.9 Å². The second-order valence-corrected chi connectivity index (χ2v) is 6.81. The smallest absolute Gasteiger partial charge is 0.0411 e. The first kappa shape index (κ1) is 14.4. The maximum Gasteiger partial charge on any atom is 0.0411 e. The van der Waals surface area contributed by atoms with Crippen LogP contribution < -0.4 is 10.2 Å². The monoisotopic (exact) mass is 260 g/mol. The quantitative estimate of drug-likeness (QED) is 0.810. The van der Waals surface area contributed by atoms with Crippen molar-refractivity contribution in [3.05, 3.63) is 29.8 Å². The largest absolute Gasteiger partial charge is 0.371 e. The minimum Gasteiger partial charge on any atom is -0.371 e. The van der Waals surface area contributed by atoms with Gasteiger partial charge in [0.25, 0.3) is 0 Å². The first-order chi connectivity index (χ1) is 9.06. The van der Waals surface area contributed by atoms with Gasteiger partial charge in [-0.25, -0.2) is 0 Å². The van der Waals surface area contributed by atoms with Crippen molar-refractivity contribution in [2.45, 2.75) is 46.6 Å². The van der Waals surface area contributed by atoms with E-state index in [0.29, 0.717) is 5.41 Å². The van der Waals surface area contributed by atoms with Gasteiger partial charge in [-0.15, -0.1) is 0 Å². The fraction of sp³-hybridized carbons (Fsp3) is 0.647. The van der Waals surface area contributed by atoms with E-state index in [9.17, 15) is 0 Å². The van der Waals surface area contributed by atoms with E-state index >= 15 is 0 Å². The van der Waals surface area contributed by atoms with Crippen molar-refractivity contribution < 1.29 is 0 Å². The Hall–Kier alpha value is -1.02. The molecule has 0 saturated carbocycles. The highest BCUT2D eigenvalue weighted by atomic mass is 15.1. The minimum absolute atomic E-state index is 0.418. The average molecular weight is 260 g/mol. The maximum atomic E-state index is 3.60. The predicted octanol–water partition coefficient (Wildman–Crippen LogP) is 3.81. The molecular formula is C17H28N2. The van der Waals surface area contributed by atoms with Gasteiger partial charge in [0.1, 0.15) is 0 Å². The molecule has 2 rings (SSSR count). The Morgan fingerprint density at radius 2 is 1.79 bits per heavy atom. The number of hydrogen-bond donors (Lipinski definition) is 1. The summed E-state index contributed by atoms with van der Waals surface area (Å²) in [7, 11) is 0. The lowest BCUT2D eigenvalue weighted by atomic mass is 9.92. The first-order valence-electron chi connectivity index (χ1n) is 7.60. The average Bonchev–Trinajstić information content (AvgIpc) is 2.88. The molecule has 1 aromatic carbocycles. The van der Waals surface area contributed by atoms with Gasteiger partial charge in [0.2, 0.25) is 0 Å². The van der Waals surface area contributed by atoms with Crippen LogP contribution >= 0.6 is 0 Å². The van der Waals surface area contributed by atoms with E-state index in [4.69, 9.17) is 0 Å². The lowest BCUT2D eigenvalue weighted by molar-refractivity contribution is 0.366. The summed E-state index contributed by atoms with van der Waals surface area (Å²) < 4.78 is 0. The molecule has 1 fully saturated rings. The van der Waals surface area contributed by atoms with E-state index in [0.717, 1.165) is 13.1 Å². The molecule has 106 valence electrons. The van der Waals surface area contributed by atoms with E-state index in [1.165, 1.54) is 43.6 Å². The van der Waals surface area contributed by atoms with Gasteiger partial charge in [0.15, 0.2) is 0 Å². The minimum atomic E-state index is 0.418. The summed E-state index contributed by atoms with van der Waals surface area (Å²) in [5, 5.41) is 3.60. The molecule has 1 saturated heterocycles. The Bertz CT molecular complexity index is 386. The van der Waals surface area contributed by atoms with E-state index in [-0.39, 0.29) is 0 Å². The van der Waals surface area contributed by atoms with E-state index in [2.05, 4.69) is 55.3 Å². The number of anilines is 1. The molecule has 0 spiro atoms. The highest BCUT2D eigenvalue weighted by Gasteiger charge is 2.15. The van der Waals surface area contributed by atoms with Gasteiger partial charge >= 0.3 is 0 Å². The van der Waals surface area contributed by atoms with E-state index < -0.39 is 0 Å². The molecule has 0 unspecified atom stereocenters. The molecule has 1 N–H and O–H groups in total. The summed E-state index contributed by atoms with van der Waals surface area (Å²) >= 11 is 0. The van der Waals surface area contributed by atoms with Crippen LogP contribution in [0, 0.1) is 5.41 Å². The molecule has 2 nitrogen and oxygen atoms in total. The Morgan fingerprint density at radius 3 is 2.47 bits per heavy atom. The third kappa shape index (κ3) is 4.54. The molecule has 19 heavy (non-hydrogen) atoms. The second-order valence-electron chi connectivity index (χ2n) is 6.81. The summed E-state index contributed by atoms with van der Waals surface area (Å²) in [6.45, 7) is 11.4. The molecular weight excluding hydrogens is 232 g/mol. The molecule has 1 heterocycles. The number of para-hydroxylation sites is 1. The molecule has 0 amide bonds. The third-order valence-corrected chi connectivity index (χ3v) is 3.81. The van der Waals surface area contributed by atoms with Crippen molar-refractivity contribution >= 4 is 5.69 Å². The third-order valence-electron chi connectivity index (χ3n) is 3.81. The summed E-state index contributed by atoms with van der Waals surface area (Å²) in [5.74, 6) is 0. The predicted molar refractivity (Wildman–Crippen MR) is 83.7 cm³/mol. The first-order valence-corrected chi connectivity index (χ1v) is 7.60. The van der Waals surface area contributed by atoms with Crippen LogP contribution in [0.5, 0.6) is 0 Å². The molecule has 1 aromatic rings. The number of hydrogen-bond acceptors (Lipinski definition) is 2. The Labute approximate surface area is 118 Å². The van der Waals surface area contributed by atoms with E-state index in [1.807, 2.05) is 0 Å². The number of nitrogens with one attached hydrogen (secondary N) is 1. The molecule has 0 aromatic heterocycles. The summed E-state index contributed by atoms with van der Waals surface area (Å²) in [6, 6.07) is 8.84. The van der Waals surface area contributed by atoms with Crippen LogP contribution in [0.25, 0.3) is 0 Å². The van der Waals surface area contributed by atoms with Gasteiger partial charge < -0.3 is 10.2 Å². The highest BCUT2D eigenvalue weighted by molar-refractivity contribution is 5.54. The van der Waals surface area contributed by atoms with Gasteiger partial charge in [-0.1, -0.05) is 39.0 Å². The SMILES string of the molecule is CC(C)(C)CCNCc1ccccc1N1CCCC1. The standard InChI is InChI=1S/C17H28N2/c1-17(2,3)10-11-18-14-15-8-4-5-9-16(15)19-12-6-7-13-19/h4-5,8-9,18H,6-7,10-14H2,1-3H3. The molecule has 0 radical (unpaired) electrons. The van der Waals surface area contributed by atoms with Crippen molar-refractivity contribution in [3.63, 3.8) is 0 Å². The topological polar surface area (TPSA) is 15.3 Å². The van der Waals surface area contributed by atoms with Gasteiger partial charge in [0.05, 0.1) is 0 Å². The fourth-order valence-corrected chi connectivity index (χ4v) is 2.61. The Kier molecular flexibility index (Phi) is 4.87.